The van der Waals surface area contributed by atoms with Crippen molar-refractivity contribution in [1.82, 2.24) is 9.97 Å². The summed E-state index contributed by atoms with van der Waals surface area (Å²) in [4.78, 5) is 46.0. The Morgan fingerprint density at radius 1 is 1.00 bits per heavy atom. The van der Waals surface area contributed by atoms with Crippen LogP contribution >= 0.6 is 0 Å². The van der Waals surface area contributed by atoms with Crippen LogP contribution in [0.4, 0.5) is 5.69 Å². The van der Waals surface area contributed by atoms with E-state index >= 15 is 0 Å². The minimum absolute atomic E-state index is 0.0711. The highest BCUT2D eigenvalue weighted by Crippen LogP contribution is 2.29. The third-order valence-electron chi connectivity index (χ3n) is 5.13. The van der Waals surface area contributed by atoms with Crippen molar-refractivity contribution in [2.24, 2.45) is 0 Å². The molecule has 8 nitrogen and oxygen atoms in total. The number of carbonyl (C=O) groups excluding carboxylic acids is 3. The van der Waals surface area contributed by atoms with E-state index in [0.717, 1.165) is 0 Å². The number of hydrogen-bond donors (Lipinski definition) is 1. The molecule has 162 valence electrons. The molecular weight excluding hydrogens is 422 g/mol. The average molecular weight is 439 g/mol. The lowest BCUT2D eigenvalue weighted by Crippen LogP contribution is -2.25. The Bertz CT molecular complexity index is 1400. The number of nitrogens with zero attached hydrogens (tertiary/aromatic N) is 2. The minimum atomic E-state index is -0.645. The Morgan fingerprint density at radius 3 is 2.70 bits per heavy atom. The van der Waals surface area contributed by atoms with Crippen molar-refractivity contribution < 1.29 is 23.9 Å². The number of anilines is 1. The van der Waals surface area contributed by atoms with Crippen molar-refractivity contribution in [2.45, 2.75) is 0 Å². The van der Waals surface area contributed by atoms with E-state index in [1.54, 1.807) is 54.7 Å². The zero-order valence-electron chi connectivity index (χ0n) is 17.3. The maximum Gasteiger partial charge on any atom is 0.339 e. The van der Waals surface area contributed by atoms with Crippen LogP contribution in [0, 0.1) is 0 Å². The number of esters is 1. The number of ether oxygens (including phenoxy) is 2. The molecule has 0 aliphatic carbocycles. The molecule has 1 aliphatic rings. The van der Waals surface area contributed by atoms with Crippen LogP contribution in [-0.2, 0) is 9.53 Å². The standard InChI is InChI=1S/C25H17N3O5/c29-22(15-8-9-23-21(11-15)28-24(30)14-32-23)13-33-25(31)17-12-20(19-7-3-4-10-26-19)27-18-6-2-1-5-16(17)18/h1-12H,13-14H2,(H,28,30). The van der Waals surface area contributed by atoms with Gasteiger partial charge in [-0.15, -0.1) is 0 Å². The SMILES string of the molecule is O=C1COc2ccc(C(=O)COC(=O)c3cc(-c4ccccn4)nc4ccccc34)cc2N1. The number of para-hydroxylation sites is 1. The summed E-state index contributed by atoms with van der Waals surface area (Å²) in [5.41, 5.74) is 2.75. The zero-order valence-corrected chi connectivity index (χ0v) is 17.3. The molecule has 4 aromatic rings. The van der Waals surface area contributed by atoms with E-state index in [1.165, 1.54) is 6.07 Å². The topological polar surface area (TPSA) is 107 Å². The number of Topliss-reactive ketones (excluding diaryl/α,β-unsaturated/α-hetero) is 1. The summed E-state index contributed by atoms with van der Waals surface area (Å²) in [6, 6.07) is 18.9. The summed E-state index contributed by atoms with van der Waals surface area (Å²) in [5.74, 6) is -0.872. The second kappa shape index (κ2) is 8.51. The molecule has 2 aromatic carbocycles. The summed E-state index contributed by atoms with van der Waals surface area (Å²) < 4.78 is 10.6. The summed E-state index contributed by atoms with van der Waals surface area (Å²) >= 11 is 0. The highest BCUT2D eigenvalue weighted by molar-refractivity contribution is 6.06. The highest BCUT2D eigenvalue weighted by atomic mass is 16.5. The normalized spacial score (nSPS) is 12.4. The summed E-state index contributed by atoms with van der Waals surface area (Å²) in [5, 5.41) is 3.27. The third-order valence-corrected chi connectivity index (χ3v) is 5.13. The van der Waals surface area contributed by atoms with Gasteiger partial charge in [-0.2, -0.15) is 0 Å². The largest absolute Gasteiger partial charge is 0.482 e. The summed E-state index contributed by atoms with van der Waals surface area (Å²) in [7, 11) is 0. The Morgan fingerprint density at radius 2 is 1.85 bits per heavy atom. The maximum absolute atomic E-state index is 13.0. The summed E-state index contributed by atoms with van der Waals surface area (Å²) in [6.07, 6.45) is 1.65. The summed E-state index contributed by atoms with van der Waals surface area (Å²) in [6.45, 7) is -0.528. The van der Waals surface area contributed by atoms with E-state index in [-0.39, 0.29) is 12.5 Å². The fraction of sp³-hybridized carbons (Fsp3) is 0.0800. The molecule has 8 heteroatoms. The second-order valence-corrected chi connectivity index (χ2v) is 7.33. The number of ketones is 1. The number of hydrogen-bond acceptors (Lipinski definition) is 7. The Balaban J connectivity index is 1.39. The second-order valence-electron chi connectivity index (χ2n) is 7.33. The van der Waals surface area contributed by atoms with Crippen LogP contribution in [0.25, 0.3) is 22.3 Å². The van der Waals surface area contributed by atoms with Gasteiger partial charge >= 0.3 is 5.97 Å². The molecule has 0 fully saturated rings. The van der Waals surface area contributed by atoms with E-state index in [2.05, 4.69) is 15.3 Å². The molecule has 0 bridgehead atoms. The molecule has 2 aromatic heterocycles. The fourth-order valence-corrected chi connectivity index (χ4v) is 3.54. The first-order chi connectivity index (χ1) is 16.1. The van der Waals surface area contributed by atoms with Gasteiger partial charge in [0.15, 0.2) is 19.0 Å². The molecule has 1 aliphatic heterocycles. The van der Waals surface area contributed by atoms with Crippen LogP contribution in [0.15, 0.2) is 72.9 Å². The van der Waals surface area contributed by atoms with Gasteiger partial charge in [-0.1, -0.05) is 24.3 Å². The van der Waals surface area contributed by atoms with Crippen LogP contribution in [-0.4, -0.2) is 40.8 Å². The number of pyridine rings is 2. The van der Waals surface area contributed by atoms with Crippen molar-refractivity contribution in [3.8, 4) is 17.1 Å². The van der Waals surface area contributed by atoms with Gasteiger partial charge in [0.05, 0.1) is 28.2 Å². The number of rotatable bonds is 5. The first-order valence-electron chi connectivity index (χ1n) is 10.2. The predicted molar refractivity (Wildman–Crippen MR) is 120 cm³/mol. The lowest BCUT2D eigenvalue weighted by Gasteiger charge is -2.18. The average Bonchev–Trinajstić information content (AvgIpc) is 2.86. The van der Waals surface area contributed by atoms with Crippen LogP contribution in [0.3, 0.4) is 0 Å². The van der Waals surface area contributed by atoms with E-state index < -0.39 is 18.4 Å². The molecule has 1 amide bonds. The van der Waals surface area contributed by atoms with Gasteiger partial charge in [0.2, 0.25) is 0 Å². The van der Waals surface area contributed by atoms with Crippen molar-refractivity contribution in [2.75, 3.05) is 18.5 Å². The molecule has 0 unspecified atom stereocenters. The van der Waals surface area contributed by atoms with Gasteiger partial charge in [0.1, 0.15) is 5.75 Å². The molecule has 0 saturated carbocycles. The molecule has 5 rings (SSSR count). The van der Waals surface area contributed by atoms with Gasteiger partial charge in [-0.3, -0.25) is 14.6 Å². The fourth-order valence-electron chi connectivity index (χ4n) is 3.54. The van der Waals surface area contributed by atoms with Crippen LogP contribution < -0.4 is 10.1 Å². The molecule has 0 spiro atoms. The van der Waals surface area contributed by atoms with Gasteiger partial charge in [-0.05, 0) is 42.5 Å². The molecule has 1 N–H and O–H groups in total. The van der Waals surface area contributed by atoms with E-state index in [9.17, 15) is 14.4 Å². The number of amides is 1. The van der Waals surface area contributed by atoms with E-state index in [0.29, 0.717) is 44.9 Å². The number of benzene rings is 2. The van der Waals surface area contributed by atoms with Crippen LogP contribution in [0.5, 0.6) is 5.75 Å². The number of aromatic nitrogens is 2. The molecular formula is C25H17N3O5. The van der Waals surface area contributed by atoms with Gasteiger partial charge in [0.25, 0.3) is 5.91 Å². The lowest BCUT2D eigenvalue weighted by atomic mass is 10.1. The first-order valence-corrected chi connectivity index (χ1v) is 10.2. The van der Waals surface area contributed by atoms with Gasteiger partial charge < -0.3 is 14.8 Å². The van der Waals surface area contributed by atoms with Crippen LogP contribution in [0.2, 0.25) is 0 Å². The lowest BCUT2D eigenvalue weighted by molar-refractivity contribution is -0.118. The number of carbonyl (C=O) groups is 3. The van der Waals surface area contributed by atoms with Crippen molar-refractivity contribution >= 4 is 34.3 Å². The molecule has 3 heterocycles. The van der Waals surface area contributed by atoms with E-state index in [1.807, 2.05) is 12.1 Å². The maximum atomic E-state index is 13.0. The van der Waals surface area contributed by atoms with Crippen molar-refractivity contribution in [3.05, 3.63) is 84.1 Å². The monoisotopic (exact) mass is 439 g/mol. The minimum Gasteiger partial charge on any atom is -0.482 e. The number of nitrogens with one attached hydrogen (secondary N) is 1. The highest BCUT2D eigenvalue weighted by Gasteiger charge is 2.20. The quantitative estimate of drug-likeness (QED) is 0.373. The van der Waals surface area contributed by atoms with Gasteiger partial charge in [-0.25, -0.2) is 9.78 Å². The number of fused-ring (bicyclic) bond motifs is 2. The molecule has 0 atom stereocenters. The Kier molecular flexibility index (Phi) is 5.24. The van der Waals surface area contributed by atoms with Gasteiger partial charge in [0, 0.05) is 17.1 Å². The smallest absolute Gasteiger partial charge is 0.339 e. The molecule has 33 heavy (non-hydrogen) atoms. The molecule has 0 saturated heterocycles. The third kappa shape index (κ3) is 4.14. The predicted octanol–water partition coefficient (Wildman–Crippen LogP) is 3.67. The molecule has 0 radical (unpaired) electrons. The van der Waals surface area contributed by atoms with Crippen molar-refractivity contribution in [1.29, 1.82) is 0 Å². The van der Waals surface area contributed by atoms with E-state index in [4.69, 9.17) is 9.47 Å². The first kappa shape index (κ1) is 20.3. The zero-order chi connectivity index (χ0) is 22.8. The Labute approximate surface area is 188 Å². The van der Waals surface area contributed by atoms with Crippen molar-refractivity contribution in [3.63, 3.8) is 0 Å². The van der Waals surface area contributed by atoms with Crippen LogP contribution in [0.1, 0.15) is 20.7 Å². The Hall–Kier alpha value is -4.59.